The van der Waals surface area contributed by atoms with Gasteiger partial charge in [0.1, 0.15) is 0 Å². The molecule has 0 bridgehead atoms. The second-order valence-electron chi connectivity index (χ2n) is 3.09. The Bertz CT molecular complexity index is 344. The molecule has 0 saturated carbocycles. The van der Waals surface area contributed by atoms with Crippen molar-refractivity contribution in [3.63, 3.8) is 0 Å². The van der Waals surface area contributed by atoms with Gasteiger partial charge in [-0.25, -0.2) is 5.10 Å². The highest BCUT2D eigenvalue weighted by Crippen LogP contribution is 2.20. The first-order chi connectivity index (χ1) is 5.79. The van der Waals surface area contributed by atoms with E-state index in [-0.39, 0.29) is 5.56 Å². The van der Waals surface area contributed by atoms with Gasteiger partial charge in [-0.2, -0.15) is 5.10 Å². The van der Waals surface area contributed by atoms with Gasteiger partial charge in [0, 0.05) is 19.2 Å². The molecule has 1 aliphatic heterocycles. The van der Waals surface area contributed by atoms with Gasteiger partial charge in [-0.3, -0.25) is 4.79 Å². The summed E-state index contributed by atoms with van der Waals surface area (Å²) in [5.41, 5.74) is 1.81. The van der Waals surface area contributed by atoms with Crippen molar-refractivity contribution in [3.8, 4) is 0 Å². The average molecular weight is 165 g/mol. The highest BCUT2D eigenvalue weighted by molar-refractivity contribution is 5.51. The van der Waals surface area contributed by atoms with Crippen LogP contribution in [0.5, 0.6) is 0 Å². The zero-order chi connectivity index (χ0) is 8.55. The third-order valence-electron chi connectivity index (χ3n) is 2.27. The van der Waals surface area contributed by atoms with Gasteiger partial charge in [-0.1, -0.05) is 0 Å². The molecule has 12 heavy (non-hydrogen) atoms. The molecule has 0 aromatic carbocycles. The molecule has 0 atom stereocenters. The Kier molecular flexibility index (Phi) is 1.60. The van der Waals surface area contributed by atoms with Crippen LogP contribution in [-0.2, 0) is 6.42 Å². The van der Waals surface area contributed by atoms with Crippen LogP contribution in [-0.4, -0.2) is 23.8 Å². The van der Waals surface area contributed by atoms with E-state index in [4.69, 9.17) is 0 Å². The highest BCUT2D eigenvalue weighted by atomic mass is 16.1. The average Bonchev–Trinajstić information content (AvgIpc) is 2.07. The summed E-state index contributed by atoms with van der Waals surface area (Å²) < 4.78 is 0. The number of fused-ring (bicyclic) bond motifs is 1. The van der Waals surface area contributed by atoms with Crippen LogP contribution in [0.2, 0.25) is 0 Å². The fourth-order valence-electron chi connectivity index (χ4n) is 1.60. The van der Waals surface area contributed by atoms with Crippen LogP contribution in [0.15, 0.2) is 11.0 Å². The maximum Gasteiger partial charge on any atom is 0.269 e. The zero-order valence-electron chi connectivity index (χ0n) is 7.00. The minimum absolute atomic E-state index is 0.0425. The number of hydrogen-bond acceptors (Lipinski definition) is 3. The first kappa shape index (κ1) is 7.34. The lowest BCUT2D eigenvalue weighted by atomic mass is 10.1. The minimum atomic E-state index is -0.0425. The number of aromatic amines is 1. The highest BCUT2D eigenvalue weighted by Gasteiger charge is 2.15. The lowest BCUT2D eigenvalue weighted by Crippen LogP contribution is -2.30. The molecule has 64 valence electrons. The van der Waals surface area contributed by atoms with Gasteiger partial charge in [0.15, 0.2) is 0 Å². The number of nitrogens with zero attached hydrogens (tertiary/aromatic N) is 2. The lowest BCUT2D eigenvalue weighted by molar-refractivity contribution is 0.723. The van der Waals surface area contributed by atoms with E-state index in [0.29, 0.717) is 0 Å². The van der Waals surface area contributed by atoms with E-state index in [0.717, 1.165) is 30.6 Å². The van der Waals surface area contributed by atoms with Gasteiger partial charge < -0.3 is 4.90 Å². The summed E-state index contributed by atoms with van der Waals surface area (Å²) in [5.74, 6) is 0. The molecule has 1 aliphatic rings. The van der Waals surface area contributed by atoms with E-state index in [1.165, 1.54) is 0 Å². The minimum Gasteiger partial charge on any atom is -0.373 e. The molecule has 0 saturated heterocycles. The smallest absolute Gasteiger partial charge is 0.269 e. The number of nitrogens with one attached hydrogen (secondary N) is 1. The third kappa shape index (κ3) is 0.995. The number of anilines is 1. The number of aromatic nitrogens is 2. The van der Waals surface area contributed by atoms with Crippen molar-refractivity contribution in [2.45, 2.75) is 12.8 Å². The Balaban J connectivity index is 2.59. The standard InChI is InChI=1S/C8H11N3O/c1-11-4-2-3-6-7(11)5-9-10-8(6)12/h5H,2-4H2,1H3,(H,10,12). The quantitative estimate of drug-likeness (QED) is 0.595. The van der Waals surface area contributed by atoms with Crippen molar-refractivity contribution in [1.82, 2.24) is 10.2 Å². The number of H-pyrrole nitrogens is 1. The molecule has 0 amide bonds. The van der Waals surface area contributed by atoms with Crippen LogP contribution in [0, 0.1) is 0 Å². The Morgan fingerprint density at radius 1 is 1.67 bits per heavy atom. The van der Waals surface area contributed by atoms with Crippen LogP contribution in [0.1, 0.15) is 12.0 Å². The molecule has 1 aromatic rings. The van der Waals surface area contributed by atoms with Crippen molar-refractivity contribution in [2.75, 3.05) is 18.5 Å². The van der Waals surface area contributed by atoms with Crippen LogP contribution >= 0.6 is 0 Å². The second-order valence-corrected chi connectivity index (χ2v) is 3.09. The maximum absolute atomic E-state index is 11.3. The normalized spacial score (nSPS) is 15.9. The first-order valence-corrected chi connectivity index (χ1v) is 4.07. The largest absolute Gasteiger partial charge is 0.373 e. The SMILES string of the molecule is CN1CCCc2c1cn[nH]c2=O. The first-order valence-electron chi connectivity index (χ1n) is 4.07. The molecule has 2 rings (SSSR count). The van der Waals surface area contributed by atoms with Crippen molar-refractivity contribution in [2.24, 2.45) is 0 Å². The van der Waals surface area contributed by atoms with Crippen LogP contribution in [0.25, 0.3) is 0 Å². The molecule has 4 heteroatoms. The summed E-state index contributed by atoms with van der Waals surface area (Å²) in [7, 11) is 1.99. The Morgan fingerprint density at radius 3 is 3.25 bits per heavy atom. The topological polar surface area (TPSA) is 49.0 Å². The second kappa shape index (κ2) is 2.62. The summed E-state index contributed by atoms with van der Waals surface area (Å²) in [5, 5.41) is 6.22. The third-order valence-corrected chi connectivity index (χ3v) is 2.27. The van der Waals surface area contributed by atoms with Crippen LogP contribution in [0.3, 0.4) is 0 Å². The van der Waals surface area contributed by atoms with Crippen LogP contribution < -0.4 is 10.5 Å². The Labute approximate surface area is 70.2 Å². The molecular formula is C8H11N3O. The molecule has 1 N–H and O–H groups in total. The van der Waals surface area contributed by atoms with Crippen molar-refractivity contribution in [1.29, 1.82) is 0 Å². The molecule has 4 nitrogen and oxygen atoms in total. The van der Waals surface area contributed by atoms with Gasteiger partial charge in [-0.05, 0) is 12.8 Å². The van der Waals surface area contributed by atoms with Gasteiger partial charge in [0.05, 0.1) is 11.9 Å². The van der Waals surface area contributed by atoms with Gasteiger partial charge in [-0.15, -0.1) is 0 Å². The van der Waals surface area contributed by atoms with E-state index >= 15 is 0 Å². The van der Waals surface area contributed by atoms with E-state index < -0.39 is 0 Å². The van der Waals surface area contributed by atoms with Gasteiger partial charge in [0.25, 0.3) is 5.56 Å². The monoisotopic (exact) mass is 165 g/mol. The summed E-state index contributed by atoms with van der Waals surface area (Å²) >= 11 is 0. The molecular weight excluding hydrogens is 154 g/mol. The Hall–Kier alpha value is -1.32. The van der Waals surface area contributed by atoms with Crippen molar-refractivity contribution >= 4 is 5.69 Å². The predicted octanol–water partition coefficient (Wildman–Crippen LogP) is 0.152. The molecule has 0 unspecified atom stereocenters. The fourth-order valence-corrected chi connectivity index (χ4v) is 1.60. The van der Waals surface area contributed by atoms with Gasteiger partial charge >= 0.3 is 0 Å². The lowest BCUT2D eigenvalue weighted by Gasteiger charge is -2.25. The van der Waals surface area contributed by atoms with Crippen LogP contribution in [0.4, 0.5) is 5.69 Å². The summed E-state index contributed by atoms with van der Waals surface area (Å²) in [4.78, 5) is 13.3. The fraction of sp³-hybridized carbons (Fsp3) is 0.500. The molecule has 1 aromatic heterocycles. The molecule has 0 aliphatic carbocycles. The summed E-state index contributed by atoms with van der Waals surface area (Å²) in [6.07, 6.45) is 3.64. The van der Waals surface area contributed by atoms with Crippen molar-refractivity contribution < 1.29 is 0 Å². The molecule has 0 radical (unpaired) electrons. The Morgan fingerprint density at radius 2 is 2.50 bits per heavy atom. The van der Waals surface area contributed by atoms with Gasteiger partial charge in [0.2, 0.25) is 0 Å². The van der Waals surface area contributed by atoms with E-state index in [1.54, 1.807) is 6.20 Å². The molecule has 0 fully saturated rings. The van der Waals surface area contributed by atoms with Crippen molar-refractivity contribution in [3.05, 3.63) is 22.1 Å². The number of hydrogen-bond donors (Lipinski definition) is 1. The molecule has 0 spiro atoms. The number of rotatable bonds is 0. The van der Waals surface area contributed by atoms with E-state index in [1.807, 2.05) is 7.05 Å². The predicted molar refractivity (Wildman–Crippen MR) is 46.4 cm³/mol. The summed E-state index contributed by atoms with van der Waals surface area (Å²) in [6.45, 7) is 1.01. The maximum atomic E-state index is 11.3. The van der Waals surface area contributed by atoms with E-state index in [2.05, 4.69) is 15.1 Å². The zero-order valence-corrected chi connectivity index (χ0v) is 7.00. The summed E-state index contributed by atoms with van der Waals surface area (Å²) in [6, 6.07) is 0. The molecule has 2 heterocycles. The van der Waals surface area contributed by atoms with E-state index in [9.17, 15) is 4.79 Å².